The van der Waals surface area contributed by atoms with E-state index in [0.717, 1.165) is 29.1 Å². The molecule has 0 bridgehead atoms. The van der Waals surface area contributed by atoms with Crippen LogP contribution < -0.4 is 10.6 Å². The molecule has 3 heterocycles. The van der Waals surface area contributed by atoms with Gasteiger partial charge in [0.2, 0.25) is 0 Å². The average Bonchev–Trinajstić information content (AvgIpc) is 3.30. The summed E-state index contributed by atoms with van der Waals surface area (Å²) >= 11 is 3.51. The molecule has 0 saturated carbocycles. The van der Waals surface area contributed by atoms with E-state index >= 15 is 0 Å². The summed E-state index contributed by atoms with van der Waals surface area (Å²) in [5, 5.41) is 9.33. The van der Waals surface area contributed by atoms with Crippen molar-refractivity contribution in [3.63, 3.8) is 0 Å². The first-order chi connectivity index (χ1) is 13.2. The van der Waals surface area contributed by atoms with Gasteiger partial charge in [-0.1, -0.05) is 18.2 Å². The maximum absolute atomic E-state index is 13.3. The van der Waals surface area contributed by atoms with E-state index in [1.165, 1.54) is 14.6 Å². The number of carbonyl (C=O) groups is 1. The minimum atomic E-state index is -0.0911. The van der Waals surface area contributed by atoms with Gasteiger partial charge in [0.1, 0.15) is 0 Å². The zero-order valence-electron chi connectivity index (χ0n) is 15.0. The lowest BCUT2D eigenvalue weighted by atomic mass is 9.82. The lowest BCUT2D eigenvalue weighted by Crippen LogP contribution is -2.26. The molecule has 2 N–H and O–H groups in total. The van der Waals surface area contributed by atoms with Gasteiger partial charge >= 0.3 is 0 Å². The number of hydrogen-bond acceptors (Lipinski definition) is 5. The van der Waals surface area contributed by atoms with Crippen LogP contribution in [0.1, 0.15) is 39.4 Å². The van der Waals surface area contributed by atoms with Crippen LogP contribution in [-0.4, -0.2) is 5.78 Å². The van der Waals surface area contributed by atoms with Gasteiger partial charge in [0.05, 0.1) is 17.4 Å². The van der Waals surface area contributed by atoms with Crippen molar-refractivity contribution in [2.24, 2.45) is 0 Å². The van der Waals surface area contributed by atoms with E-state index in [9.17, 15) is 4.79 Å². The molecule has 1 aliphatic carbocycles. The van der Waals surface area contributed by atoms with Crippen molar-refractivity contribution in [3.8, 4) is 0 Å². The van der Waals surface area contributed by atoms with Gasteiger partial charge in [-0.25, -0.2) is 0 Å². The summed E-state index contributed by atoms with van der Waals surface area (Å²) in [7, 11) is 0. The topological polar surface area (TPSA) is 41.1 Å². The van der Waals surface area contributed by atoms with E-state index in [1.807, 2.05) is 12.1 Å². The molecular formula is C22H20N2OS2. The van der Waals surface area contributed by atoms with Crippen molar-refractivity contribution in [3.05, 3.63) is 79.8 Å². The van der Waals surface area contributed by atoms with Gasteiger partial charge in [-0.3, -0.25) is 4.79 Å². The molecule has 1 aliphatic heterocycles. The Bertz CT molecular complexity index is 1030. The van der Waals surface area contributed by atoms with Gasteiger partial charge in [-0.05, 0) is 49.1 Å². The number of rotatable bonds is 2. The minimum Gasteiger partial charge on any atom is -0.372 e. The molecule has 0 unspecified atom stereocenters. The normalized spacial score (nSPS) is 21.7. The molecular weight excluding hydrogens is 372 g/mol. The zero-order chi connectivity index (χ0) is 18.4. The fourth-order valence-electron chi connectivity index (χ4n) is 4.04. The minimum absolute atomic E-state index is 0.0911. The fraction of sp³-hybridized carbons (Fsp3) is 0.227. The fourth-order valence-corrected chi connectivity index (χ4v) is 5.81. The molecule has 2 aliphatic rings. The van der Waals surface area contributed by atoms with Crippen molar-refractivity contribution < 1.29 is 4.79 Å². The molecule has 2 atom stereocenters. The highest BCUT2D eigenvalue weighted by molar-refractivity contribution is 7.12. The first-order valence-corrected chi connectivity index (χ1v) is 10.9. The number of Topliss-reactive ketones (excluding diaryl/α,β-unsaturated/α-hetero) is 1. The maximum atomic E-state index is 13.3. The summed E-state index contributed by atoms with van der Waals surface area (Å²) in [4.78, 5) is 17.1. The number of para-hydroxylation sites is 2. The average molecular weight is 393 g/mol. The van der Waals surface area contributed by atoms with Crippen molar-refractivity contribution in [2.75, 3.05) is 10.6 Å². The Kier molecular flexibility index (Phi) is 4.14. The van der Waals surface area contributed by atoms with Gasteiger partial charge in [-0.2, -0.15) is 0 Å². The number of carbonyl (C=O) groups excluding carboxylic acids is 1. The third-order valence-electron chi connectivity index (χ3n) is 5.30. The van der Waals surface area contributed by atoms with Crippen LogP contribution >= 0.6 is 22.7 Å². The highest BCUT2D eigenvalue weighted by Crippen LogP contribution is 2.45. The van der Waals surface area contributed by atoms with E-state index in [4.69, 9.17) is 0 Å². The summed E-state index contributed by atoms with van der Waals surface area (Å²) in [6, 6.07) is 16.6. The van der Waals surface area contributed by atoms with Crippen LogP contribution in [0.25, 0.3) is 0 Å². The van der Waals surface area contributed by atoms with Gasteiger partial charge in [0.15, 0.2) is 5.78 Å². The smallest absolute Gasteiger partial charge is 0.163 e. The van der Waals surface area contributed by atoms with Gasteiger partial charge in [0.25, 0.3) is 0 Å². The molecule has 3 nitrogen and oxygen atoms in total. The van der Waals surface area contributed by atoms with Crippen molar-refractivity contribution >= 4 is 39.8 Å². The Morgan fingerprint density at radius 3 is 2.56 bits per heavy atom. The predicted octanol–water partition coefficient (Wildman–Crippen LogP) is 6.10. The molecule has 5 rings (SSSR count). The Labute approximate surface area is 166 Å². The van der Waals surface area contributed by atoms with Gasteiger partial charge in [0, 0.05) is 38.2 Å². The molecule has 27 heavy (non-hydrogen) atoms. The highest BCUT2D eigenvalue weighted by Gasteiger charge is 2.36. The number of fused-ring (bicyclic) bond motifs is 1. The Morgan fingerprint density at radius 1 is 0.963 bits per heavy atom. The summed E-state index contributed by atoms with van der Waals surface area (Å²) in [6.45, 7) is 2.11. The lowest BCUT2D eigenvalue weighted by molar-refractivity contribution is -0.116. The van der Waals surface area contributed by atoms with E-state index in [2.05, 4.69) is 59.3 Å². The van der Waals surface area contributed by atoms with E-state index in [-0.39, 0.29) is 17.7 Å². The van der Waals surface area contributed by atoms with E-state index in [1.54, 1.807) is 22.7 Å². The molecule has 3 aromatic rings. The van der Waals surface area contributed by atoms with Crippen molar-refractivity contribution in [1.82, 2.24) is 0 Å². The number of ketones is 1. The Hall–Kier alpha value is -2.37. The number of allylic oxidation sites excluding steroid dienone is 1. The second kappa shape index (κ2) is 6.66. The third-order valence-corrected chi connectivity index (χ3v) is 7.40. The van der Waals surface area contributed by atoms with Crippen LogP contribution in [0.3, 0.4) is 0 Å². The molecule has 1 aromatic carbocycles. The first kappa shape index (κ1) is 16.8. The van der Waals surface area contributed by atoms with Gasteiger partial charge < -0.3 is 10.6 Å². The molecule has 0 radical (unpaired) electrons. The molecule has 0 saturated heterocycles. The van der Waals surface area contributed by atoms with Crippen molar-refractivity contribution in [1.29, 1.82) is 0 Å². The summed E-state index contributed by atoms with van der Waals surface area (Å²) in [5.74, 6) is 0.512. The monoisotopic (exact) mass is 392 g/mol. The van der Waals surface area contributed by atoms with Crippen LogP contribution in [0.4, 0.5) is 11.4 Å². The molecule has 0 amide bonds. The number of aryl methyl sites for hydroxylation is 1. The second-order valence-electron chi connectivity index (χ2n) is 7.13. The zero-order valence-corrected chi connectivity index (χ0v) is 16.6. The summed E-state index contributed by atoms with van der Waals surface area (Å²) in [6.07, 6.45) is 1.46. The number of anilines is 2. The molecule has 0 spiro atoms. The number of hydrogen-bond donors (Lipinski definition) is 2. The quantitative estimate of drug-likeness (QED) is 0.554. The van der Waals surface area contributed by atoms with Gasteiger partial charge in [-0.15, -0.1) is 22.7 Å². The predicted molar refractivity (Wildman–Crippen MR) is 114 cm³/mol. The third kappa shape index (κ3) is 3.01. The molecule has 136 valence electrons. The molecule has 2 aromatic heterocycles. The SMILES string of the molecule is Cc1ccc([C@@H]2Nc3ccccc3NC3=C2C(=O)C[C@@H](c2cccs2)C3)s1. The second-order valence-corrected chi connectivity index (χ2v) is 9.43. The highest BCUT2D eigenvalue weighted by atomic mass is 32.1. The Morgan fingerprint density at radius 2 is 1.81 bits per heavy atom. The number of nitrogens with one attached hydrogen (secondary N) is 2. The number of thiophene rings is 2. The van der Waals surface area contributed by atoms with Crippen LogP contribution in [0.5, 0.6) is 0 Å². The summed E-state index contributed by atoms with van der Waals surface area (Å²) in [5.41, 5.74) is 4.06. The van der Waals surface area contributed by atoms with Crippen LogP contribution in [0.2, 0.25) is 0 Å². The largest absolute Gasteiger partial charge is 0.372 e. The first-order valence-electron chi connectivity index (χ1n) is 9.17. The summed E-state index contributed by atoms with van der Waals surface area (Å²) < 4.78 is 0. The van der Waals surface area contributed by atoms with Crippen LogP contribution in [0, 0.1) is 6.92 Å². The van der Waals surface area contributed by atoms with E-state index in [0.29, 0.717) is 6.42 Å². The molecule has 5 heteroatoms. The van der Waals surface area contributed by atoms with Crippen LogP contribution in [0.15, 0.2) is 65.2 Å². The van der Waals surface area contributed by atoms with Crippen molar-refractivity contribution in [2.45, 2.75) is 31.7 Å². The lowest BCUT2D eigenvalue weighted by Gasteiger charge is -2.28. The maximum Gasteiger partial charge on any atom is 0.163 e. The number of benzene rings is 1. The standard InChI is InChI=1S/C22H20N2OS2/c1-13-8-9-20(27-13)22-21-17(23-15-5-2-3-6-16(15)24-22)11-14(12-18(21)25)19-7-4-10-26-19/h2-10,14,22-24H,11-12H2,1H3/t14-,22-/m0/s1. The Balaban J connectivity index is 1.62. The van der Waals surface area contributed by atoms with E-state index < -0.39 is 0 Å². The molecule has 0 fully saturated rings. The van der Waals surface area contributed by atoms with Crippen LogP contribution in [-0.2, 0) is 4.79 Å².